The van der Waals surface area contributed by atoms with Crippen LogP contribution in [0, 0.1) is 18.6 Å². The van der Waals surface area contributed by atoms with Gasteiger partial charge in [-0.15, -0.1) is 11.3 Å². The summed E-state index contributed by atoms with van der Waals surface area (Å²) in [6.45, 7) is 1.64. The van der Waals surface area contributed by atoms with Crippen molar-refractivity contribution in [2.75, 3.05) is 0 Å². The zero-order chi connectivity index (χ0) is 22.6. The van der Waals surface area contributed by atoms with Gasteiger partial charge in [-0.05, 0) is 65.9 Å². The van der Waals surface area contributed by atoms with Gasteiger partial charge in [0.1, 0.15) is 18.2 Å². The molecular weight excluding hydrogens is 452 g/mol. The third-order valence-corrected chi connectivity index (χ3v) is 6.78. The highest BCUT2D eigenvalue weighted by molar-refractivity contribution is 7.17. The van der Waals surface area contributed by atoms with Gasteiger partial charge < -0.3 is 9.67 Å². The van der Waals surface area contributed by atoms with E-state index < -0.39 is 11.8 Å². The second-order valence-corrected chi connectivity index (χ2v) is 8.97. The maximum atomic E-state index is 14.1. The smallest absolute Gasteiger partial charge is 0.323 e. The molecule has 0 aliphatic carbocycles. The van der Waals surface area contributed by atoms with Gasteiger partial charge in [-0.3, -0.25) is 4.79 Å². The van der Waals surface area contributed by atoms with E-state index >= 15 is 0 Å². The van der Waals surface area contributed by atoms with Crippen molar-refractivity contribution >= 4 is 49.9 Å². The maximum Gasteiger partial charge on any atom is 0.323 e. The molecule has 3 aromatic carbocycles. The van der Waals surface area contributed by atoms with Crippen molar-refractivity contribution in [1.29, 1.82) is 0 Å². The van der Waals surface area contributed by atoms with Crippen molar-refractivity contribution < 1.29 is 18.7 Å². The average molecular weight is 468 g/mol. The fraction of sp³-hybridized carbons (Fsp3) is 0.0800. The summed E-state index contributed by atoms with van der Waals surface area (Å²) in [7, 11) is 0. The summed E-state index contributed by atoms with van der Waals surface area (Å²) < 4.78 is 30.6. The Morgan fingerprint density at radius 3 is 2.56 bits per heavy atom. The number of aliphatic carboxylic acids is 1. The van der Waals surface area contributed by atoms with Gasteiger partial charge in [0.25, 0.3) is 0 Å². The number of halogens is 3. The van der Waals surface area contributed by atoms with Crippen LogP contribution in [-0.4, -0.2) is 15.6 Å². The Morgan fingerprint density at radius 1 is 1.00 bits per heavy atom. The molecule has 3 nitrogen and oxygen atoms in total. The molecule has 0 saturated carbocycles. The average Bonchev–Trinajstić information content (AvgIpc) is 3.25. The Balaban J connectivity index is 1.71. The molecule has 5 rings (SSSR count). The molecule has 5 aromatic rings. The highest BCUT2D eigenvalue weighted by atomic mass is 35.5. The van der Waals surface area contributed by atoms with Crippen LogP contribution in [-0.2, 0) is 11.3 Å². The fourth-order valence-corrected chi connectivity index (χ4v) is 5.47. The van der Waals surface area contributed by atoms with E-state index in [2.05, 4.69) is 0 Å². The highest BCUT2D eigenvalue weighted by Gasteiger charge is 2.20. The van der Waals surface area contributed by atoms with Crippen molar-refractivity contribution in [2.45, 2.75) is 13.5 Å². The number of carbonyl (C=O) groups is 1. The normalized spacial score (nSPS) is 11.5. The largest absolute Gasteiger partial charge is 0.480 e. The van der Waals surface area contributed by atoms with E-state index in [1.165, 1.54) is 35.6 Å². The summed E-state index contributed by atoms with van der Waals surface area (Å²) in [5, 5.41) is 13.3. The minimum atomic E-state index is -0.963. The lowest BCUT2D eigenvalue weighted by Crippen LogP contribution is -2.09. The molecule has 0 aliphatic rings. The van der Waals surface area contributed by atoms with Crippen LogP contribution >= 0.6 is 22.9 Å². The van der Waals surface area contributed by atoms with Gasteiger partial charge >= 0.3 is 5.97 Å². The Labute approximate surface area is 191 Å². The summed E-state index contributed by atoms with van der Waals surface area (Å²) in [4.78, 5) is 11.4. The molecule has 7 heteroatoms. The zero-order valence-electron chi connectivity index (χ0n) is 16.8. The highest BCUT2D eigenvalue weighted by Crippen LogP contribution is 2.42. The molecule has 0 fully saturated rings. The van der Waals surface area contributed by atoms with E-state index in [1.807, 2.05) is 30.5 Å². The molecule has 0 atom stereocenters. The molecule has 0 spiro atoms. The van der Waals surface area contributed by atoms with Gasteiger partial charge in [-0.25, -0.2) is 8.78 Å². The number of carboxylic acids is 1. The monoisotopic (exact) mass is 467 g/mol. The molecule has 1 N–H and O–H groups in total. The molecule has 160 valence electrons. The quantitative estimate of drug-likeness (QED) is 0.297. The Bertz CT molecular complexity index is 1520. The van der Waals surface area contributed by atoms with Crippen LogP contribution in [0.1, 0.15) is 5.69 Å². The van der Waals surface area contributed by atoms with E-state index in [0.717, 1.165) is 32.5 Å². The van der Waals surface area contributed by atoms with Crippen LogP contribution in [0.5, 0.6) is 0 Å². The summed E-state index contributed by atoms with van der Waals surface area (Å²) in [5.74, 6) is -1.74. The number of aromatic nitrogens is 1. The van der Waals surface area contributed by atoms with Gasteiger partial charge in [0.2, 0.25) is 0 Å². The van der Waals surface area contributed by atoms with E-state index in [0.29, 0.717) is 21.5 Å². The lowest BCUT2D eigenvalue weighted by atomic mass is 9.99. The standard InChI is InChI=1S/C25H16ClF2NO2S/c1-13-25(20-10-17(27)3-5-22(20)29(13)11-24(30)31)21-12-32-23-8-14(2-4-19(21)23)15-6-16(26)9-18(28)7-15/h2-10,12H,11H2,1H3,(H,30,31). The number of nitrogens with zero attached hydrogens (tertiary/aromatic N) is 1. The molecule has 2 heterocycles. The molecule has 32 heavy (non-hydrogen) atoms. The van der Waals surface area contributed by atoms with Crippen LogP contribution in [0.15, 0.2) is 60.0 Å². The predicted octanol–water partition coefficient (Wildman–Crippen LogP) is 7.51. The van der Waals surface area contributed by atoms with Crippen LogP contribution in [0.25, 0.3) is 43.2 Å². The number of hydrogen-bond acceptors (Lipinski definition) is 2. The van der Waals surface area contributed by atoms with E-state index in [4.69, 9.17) is 11.6 Å². The van der Waals surface area contributed by atoms with Crippen molar-refractivity contribution in [1.82, 2.24) is 4.57 Å². The lowest BCUT2D eigenvalue weighted by Gasteiger charge is -2.06. The van der Waals surface area contributed by atoms with Crippen molar-refractivity contribution in [3.05, 3.63) is 82.3 Å². The van der Waals surface area contributed by atoms with Crippen LogP contribution in [0.3, 0.4) is 0 Å². The van der Waals surface area contributed by atoms with Gasteiger partial charge in [0.15, 0.2) is 0 Å². The van der Waals surface area contributed by atoms with E-state index in [9.17, 15) is 18.7 Å². The van der Waals surface area contributed by atoms with Gasteiger partial charge in [-0.1, -0.05) is 23.7 Å². The molecular formula is C25H16ClF2NO2S. The van der Waals surface area contributed by atoms with Crippen molar-refractivity contribution in [2.24, 2.45) is 0 Å². The molecule has 0 bridgehead atoms. The number of thiophene rings is 1. The second-order valence-electron chi connectivity index (χ2n) is 7.62. The second kappa shape index (κ2) is 7.73. The first-order chi connectivity index (χ1) is 15.3. The summed E-state index contributed by atoms with van der Waals surface area (Å²) in [6, 6.07) is 14.6. The number of fused-ring (bicyclic) bond motifs is 2. The van der Waals surface area contributed by atoms with Gasteiger partial charge in [-0.2, -0.15) is 0 Å². The molecule has 0 saturated heterocycles. The van der Waals surface area contributed by atoms with Crippen molar-refractivity contribution in [3.63, 3.8) is 0 Å². The van der Waals surface area contributed by atoms with Gasteiger partial charge in [0.05, 0.1) is 0 Å². The van der Waals surface area contributed by atoms with E-state index in [-0.39, 0.29) is 12.4 Å². The molecule has 0 radical (unpaired) electrons. The lowest BCUT2D eigenvalue weighted by molar-refractivity contribution is -0.137. The Hall–Kier alpha value is -3.22. The summed E-state index contributed by atoms with van der Waals surface area (Å²) in [6.07, 6.45) is 0. The van der Waals surface area contributed by atoms with Crippen LogP contribution in [0.4, 0.5) is 8.78 Å². The molecule has 2 aromatic heterocycles. The van der Waals surface area contributed by atoms with Crippen molar-refractivity contribution in [3.8, 4) is 22.3 Å². The summed E-state index contributed by atoms with van der Waals surface area (Å²) in [5.41, 5.74) is 4.67. The van der Waals surface area contributed by atoms with Gasteiger partial charge in [0, 0.05) is 42.8 Å². The first-order valence-electron chi connectivity index (χ1n) is 9.80. The number of carboxylic acid groups (broad SMARTS) is 1. The van der Waals surface area contributed by atoms with Crippen LogP contribution < -0.4 is 0 Å². The predicted molar refractivity (Wildman–Crippen MR) is 125 cm³/mol. The SMILES string of the molecule is Cc1c(-c2csc3cc(-c4cc(F)cc(Cl)c4)ccc23)c2cc(F)ccc2n1CC(=O)O. The number of benzene rings is 3. The molecule has 0 aliphatic heterocycles. The topological polar surface area (TPSA) is 42.2 Å². The third-order valence-electron chi connectivity index (χ3n) is 5.62. The number of rotatable bonds is 4. The first-order valence-corrected chi connectivity index (χ1v) is 11.1. The minimum Gasteiger partial charge on any atom is -0.480 e. The first kappa shape index (κ1) is 20.7. The fourth-order valence-electron chi connectivity index (χ4n) is 4.26. The summed E-state index contributed by atoms with van der Waals surface area (Å²) >= 11 is 7.54. The molecule has 0 amide bonds. The van der Waals surface area contributed by atoms with E-state index in [1.54, 1.807) is 16.7 Å². The third kappa shape index (κ3) is 3.45. The zero-order valence-corrected chi connectivity index (χ0v) is 18.4. The molecule has 0 unspecified atom stereocenters. The number of hydrogen-bond donors (Lipinski definition) is 1. The van der Waals surface area contributed by atoms with Crippen LogP contribution in [0.2, 0.25) is 5.02 Å². The Morgan fingerprint density at radius 2 is 1.81 bits per heavy atom. The minimum absolute atomic E-state index is 0.208. The Kier molecular flexibility index (Phi) is 4.99. The maximum absolute atomic E-state index is 14.1.